The summed E-state index contributed by atoms with van der Waals surface area (Å²) in [6.07, 6.45) is 1.71. The van der Waals surface area contributed by atoms with Crippen LogP contribution in [0.5, 0.6) is 0 Å². The minimum atomic E-state index is -0.833. The zero-order chi connectivity index (χ0) is 14.3. The first-order chi connectivity index (χ1) is 8.34. The smallest absolute Gasteiger partial charge is 0.309 e. The minimum absolute atomic E-state index is 0.303. The summed E-state index contributed by atoms with van der Waals surface area (Å²) in [6.45, 7) is 6.11. The van der Waals surface area contributed by atoms with E-state index in [9.17, 15) is 4.79 Å². The molecule has 0 heterocycles. The number of rotatable bonds is 3. The van der Waals surface area contributed by atoms with Crippen molar-refractivity contribution in [2.75, 3.05) is 0 Å². The highest BCUT2D eigenvalue weighted by Crippen LogP contribution is 2.19. The molecule has 0 bridgehead atoms. The molecule has 6 N–H and O–H groups in total. The summed E-state index contributed by atoms with van der Waals surface area (Å²) in [5, 5.41) is 0. The van der Waals surface area contributed by atoms with Gasteiger partial charge in [-0.15, -0.1) is 0 Å². The molecular formula is C13H21N3O2. The molecule has 0 spiro atoms. The maximum Gasteiger partial charge on any atom is 0.309 e. The zero-order valence-corrected chi connectivity index (χ0v) is 11.1. The lowest BCUT2D eigenvalue weighted by atomic mass is 9.93. The first-order valence-corrected chi connectivity index (χ1v) is 5.81. The van der Waals surface area contributed by atoms with Crippen LogP contribution < -0.4 is 17.2 Å². The summed E-state index contributed by atoms with van der Waals surface area (Å²) in [5.41, 5.74) is 17.9. The van der Waals surface area contributed by atoms with Gasteiger partial charge in [-0.25, -0.2) is 4.79 Å². The average molecular weight is 251 g/mol. The maximum absolute atomic E-state index is 11.3. The summed E-state index contributed by atoms with van der Waals surface area (Å²) in [4.78, 5) is 20.3. The summed E-state index contributed by atoms with van der Waals surface area (Å²) in [6, 6.07) is 3.22. The van der Waals surface area contributed by atoms with Crippen molar-refractivity contribution in [3.8, 4) is 0 Å². The second-order valence-corrected chi connectivity index (χ2v) is 3.87. The fourth-order valence-electron chi connectivity index (χ4n) is 1.86. The van der Waals surface area contributed by atoms with Gasteiger partial charge in [-0.1, -0.05) is 26.0 Å². The Hall–Kier alpha value is -2.04. The van der Waals surface area contributed by atoms with Crippen molar-refractivity contribution in [3.63, 3.8) is 0 Å². The molecule has 0 radical (unpaired) electrons. The van der Waals surface area contributed by atoms with E-state index in [0.717, 1.165) is 35.1 Å². The van der Waals surface area contributed by atoms with Crippen molar-refractivity contribution in [3.05, 3.63) is 34.4 Å². The first-order valence-electron chi connectivity index (χ1n) is 5.81. The Labute approximate surface area is 107 Å². The van der Waals surface area contributed by atoms with Crippen LogP contribution in [0.25, 0.3) is 0 Å². The Bertz CT molecular complexity index is 438. The molecule has 5 nitrogen and oxygen atoms in total. The Morgan fingerprint density at radius 2 is 1.56 bits per heavy atom. The number of primary amides is 3. The van der Waals surface area contributed by atoms with Crippen LogP contribution in [0.4, 0.5) is 4.79 Å². The quantitative estimate of drug-likeness (QED) is 0.750. The van der Waals surface area contributed by atoms with Crippen LogP contribution in [0.3, 0.4) is 0 Å². The number of benzene rings is 1. The van der Waals surface area contributed by atoms with E-state index in [1.54, 1.807) is 0 Å². The summed E-state index contributed by atoms with van der Waals surface area (Å²) in [7, 11) is 0. The van der Waals surface area contributed by atoms with Crippen molar-refractivity contribution in [1.29, 1.82) is 0 Å². The van der Waals surface area contributed by atoms with Gasteiger partial charge in [-0.05, 0) is 36.5 Å². The van der Waals surface area contributed by atoms with Gasteiger partial charge in [0.2, 0.25) is 5.91 Å². The number of amides is 3. The van der Waals surface area contributed by atoms with Crippen LogP contribution >= 0.6 is 0 Å². The van der Waals surface area contributed by atoms with Gasteiger partial charge in [0, 0.05) is 5.56 Å². The van der Waals surface area contributed by atoms with E-state index in [4.69, 9.17) is 10.5 Å². The third kappa shape index (κ3) is 4.45. The zero-order valence-electron chi connectivity index (χ0n) is 11.1. The summed E-state index contributed by atoms with van der Waals surface area (Å²) in [5.74, 6) is -0.303. The standard InChI is InChI=1S/C12H17NO.CH4N2O/c1-4-9-7-6-8(3)10(5-2)11(9)12(13)14;2-1(3)4/h6-7H,4-5H2,1-3H3,(H2,13,14);(H4,2,3,4). The van der Waals surface area contributed by atoms with Gasteiger partial charge in [0.25, 0.3) is 0 Å². The van der Waals surface area contributed by atoms with E-state index in [1.807, 2.05) is 26.8 Å². The topological polar surface area (TPSA) is 112 Å². The third-order valence-electron chi connectivity index (χ3n) is 2.61. The van der Waals surface area contributed by atoms with Crippen molar-refractivity contribution >= 4 is 11.9 Å². The normalized spacial score (nSPS) is 9.28. The molecule has 0 aliphatic carbocycles. The lowest BCUT2D eigenvalue weighted by Gasteiger charge is -2.12. The molecule has 0 fully saturated rings. The highest BCUT2D eigenvalue weighted by atomic mass is 16.2. The minimum Gasteiger partial charge on any atom is -0.366 e. The largest absolute Gasteiger partial charge is 0.366 e. The molecule has 0 aliphatic rings. The Morgan fingerprint density at radius 1 is 1.06 bits per heavy atom. The van der Waals surface area contributed by atoms with Gasteiger partial charge in [-0.3, -0.25) is 4.79 Å². The van der Waals surface area contributed by atoms with Gasteiger partial charge < -0.3 is 17.2 Å². The van der Waals surface area contributed by atoms with Crippen molar-refractivity contribution in [1.82, 2.24) is 0 Å². The number of aryl methyl sites for hydroxylation is 2. The van der Waals surface area contributed by atoms with Crippen LogP contribution in [0.1, 0.15) is 40.9 Å². The SMILES string of the molecule is CCc1ccc(C)c(CC)c1C(N)=O.NC(N)=O. The lowest BCUT2D eigenvalue weighted by molar-refractivity contribution is 0.0998. The molecule has 5 heteroatoms. The Morgan fingerprint density at radius 3 is 1.89 bits per heavy atom. The molecular weight excluding hydrogens is 230 g/mol. The van der Waals surface area contributed by atoms with E-state index in [-0.39, 0.29) is 5.91 Å². The van der Waals surface area contributed by atoms with Crippen LogP contribution in [0.15, 0.2) is 12.1 Å². The molecule has 0 atom stereocenters. The number of urea groups is 1. The predicted molar refractivity (Wildman–Crippen MR) is 72.2 cm³/mol. The van der Waals surface area contributed by atoms with Crippen LogP contribution in [0.2, 0.25) is 0 Å². The highest BCUT2D eigenvalue weighted by Gasteiger charge is 2.13. The van der Waals surface area contributed by atoms with Crippen LogP contribution in [-0.4, -0.2) is 11.9 Å². The molecule has 1 rings (SSSR count). The van der Waals surface area contributed by atoms with Gasteiger partial charge in [0.05, 0.1) is 0 Å². The van der Waals surface area contributed by atoms with Gasteiger partial charge >= 0.3 is 6.03 Å². The second kappa shape index (κ2) is 7.32. The lowest BCUT2D eigenvalue weighted by Crippen LogP contribution is -2.18. The maximum atomic E-state index is 11.3. The number of carbonyl (C=O) groups is 2. The molecule has 1 aromatic carbocycles. The Balaban J connectivity index is 0.000000631. The van der Waals surface area contributed by atoms with Crippen molar-refractivity contribution in [2.24, 2.45) is 17.2 Å². The van der Waals surface area contributed by atoms with E-state index >= 15 is 0 Å². The molecule has 100 valence electrons. The van der Waals surface area contributed by atoms with Crippen molar-refractivity contribution in [2.45, 2.75) is 33.6 Å². The van der Waals surface area contributed by atoms with E-state index in [1.165, 1.54) is 0 Å². The number of nitrogens with two attached hydrogens (primary N) is 3. The molecule has 0 saturated carbocycles. The molecule has 0 saturated heterocycles. The van der Waals surface area contributed by atoms with Gasteiger partial charge in [0.1, 0.15) is 0 Å². The van der Waals surface area contributed by atoms with Crippen LogP contribution in [0, 0.1) is 6.92 Å². The van der Waals surface area contributed by atoms with Crippen LogP contribution in [-0.2, 0) is 12.8 Å². The number of hydrogen-bond acceptors (Lipinski definition) is 2. The van der Waals surface area contributed by atoms with E-state index < -0.39 is 6.03 Å². The van der Waals surface area contributed by atoms with Crippen molar-refractivity contribution < 1.29 is 9.59 Å². The van der Waals surface area contributed by atoms with E-state index in [2.05, 4.69) is 17.5 Å². The molecule has 0 aliphatic heterocycles. The average Bonchev–Trinajstić information content (AvgIpc) is 2.27. The molecule has 1 aromatic rings. The second-order valence-electron chi connectivity index (χ2n) is 3.87. The molecule has 3 amide bonds. The molecule has 18 heavy (non-hydrogen) atoms. The predicted octanol–water partition coefficient (Wildman–Crippen LogP) is 1.24. The molecule has 0 unspecified atom stereocenters. The third-order valence-corrected chi connectivity index (χ3v) is 2.61. The summed E-state index contributed by atoms with van der Waals surface area (Å²) >= 11 is 0. The fraction of sp³-hybridized carbons (Fsp3) is 0.385. The highest BCUT2D eigenvalue weighted by molar-refractivity contribution is 5.96. The fourth-order valence-corrected chi connectivity index (χ4v) is 1.86. The Kier molecular flexibility index (Phi) is 6.49. The monoisotopic (exact) mass is 251 g/mol. The molecule has 0 aromatic heterocycles. The van der Waals surface area contributed by atoms with Gasteiger partial charge in [-0.2, -0.15) is 0 Å². The van der Waals surface area contributed by atoms with E-state index in [0.29, 0.717) is 0 Å². The number of carbonyl (C=O) groups excluding carboxylic acids is 2. The summed E-state index contributed by atoms with van der Waals surface area (Å²) < 4.78 is 0. The first kappa shape index (κ1) is 16.0. The van der Waals surface area contributed by atoms with Gasteiger partial charge in [0.15, 0.2) is 0 Å². The number of hydrogen-bond donors (Lipinski definition) is 3.